The van der Waals surface area contributed by atoms with E-state index < -0.39 is 0 Å². The Labute approximate surface area is 88.5 Å². The molecule has 0 aliphatic rings. The molecule has 1 aromatic rings. The number of hydrogen-bond donors (Lipinski definition) is 2. The summed E-state index contributed by atoms with van der Waals surface area (Å²) in [5.41, 5.74) is 0. The molecule has 0 saturated carbocycles. The maximum absolute atomic E-state index is 11.3. The first-order valence-corrected chi connectivity index (χ1v) is 5.67. The van der Waals surface area contributed by atoms with Gasteiger partial charge in [0.05, 0.1) is 6.54 Å². The van der Waals surface area contributed by atoms with E-state index >= 15 is 0 Å². The molecular weight excluding hydrogens is 196 g/mol. The molecule has 14 heavy (non-hydrogen) atoms. The van der Waals surface area contributed by atoms with E-state index in [4.69, 9.17) is 0 Å². The molecule has 3 nitrogen and oxygen atoms in total. The first-order valence-electron chi connectivity index (χ1n) is 4.79. The van der Waals surface area contributed by atoms with Gasteiger partial charge in [-0.05, 0) is 24.8 Å². The number of urea groups is 1. The van der Waals surface area contributed by atoms with E-state index in [0.717, 1.165) is 6.42 Å². The second-order valence-corrected chi connectivity index (χ2v) is 4.25. The summed E-state index contributed by atoms with van der Waals surface area (Å²) in [4.78, 5) is 12.5. The first kappa shape index (κ1) is 11.0. The summed E-state index contributed by atoms with van der Waals surface area (Å²) >= 11 is 1.65. The SMILES string of the molecule is CCC(C)NC(=O)NCc1cccs1. The third kappa shape index (κ3) is 3.79. The zero-order valence-corrected chi connectivity index (χ0v) is 9.36. The largest absolute Gasteiger partial charge is 0.336 e. The van der Waals surface area contributed by atoms with Gasteiger partial charge >= 0.3 is 6.03 Å². The Morgan fingerprint density at radius 2 is 2.43 bits per heavy atom. The molecule has 4 heteroatoms. The van der Waals surface area contributed by atoms with Crippen LogP contribution in [-0.2, 0) is 6.54 Å². The molecule has 78 valence electrons. The monoisotopic (exact) mass is 212 g/mol. The summed E-state index contributed by atoms with van der Waals surface area (Å²) in [7, 11) is 0. The van der Waals surface area contributed by atoms with Crippen LogP contribution in [0.4, 0.5) is 4.79 Å². The fourth-order valence-corrected chi connectivity index (χ4v) is 1.60. The van der Waals surface area contributed by atoms with Crippen molar-refractivity contribution >= 4 is 17.4 Å². The third-order valence-corrected chi connectivity index (χ3v) is 2.87. The molecule has 1 unspecified atom stereocenters. The van der Waals surface area contributed by atoms with Gasteiger partial charge in [-0.15, -0.1) is 11.3 Å². The van der Waals surface area contributed by atoms with Gasteiger partial charge in [0, 0.05) is 10.9 Å². The highest BCUT2D eigenvalue weighted by Crippen LogP contribution is 2.07. The fourth-order valence-electron chi connectivity index (χ4n) is 0.957. The molecule has 0 aliphatic carbocycles. The van der Waals surface area contributed by atoms with Gasteiger partial charge in [-0.25, -0.2) is 4.79 Å². The Hall–Kier alpha value is -1.03. The number of thiophene rings is 1. The molecule has 0 bridgehead atoms. The minimum Gasteiger partial charge on any atom is -0.336 e. The average molecular weight is 212 g/mol. The standard InChI is InChI=1S/C10H16N2OS/c1-3-8(2)12-10(13)11-7-9-5-4-6-14-9/h4-6,8H,3,7H2,1-2H3,(H2,11,12,13). The maximum Gasteiger partial charge on any atom is 0.315 e. The summed E-state index contributed by atoms with van der Waals surface area (Å²) < 4.78 is 0. The smallest absolute Gasteiger partial charge is 0.315 e. The van der Waals surface area contributed by atoms with Crippen LogP contribution in [0.5, 0.6) is 0 Å². The van der Waals surface area contributed by atoms with Crippen molar-refractivity contribution in [1.29, 1.82) is 0 Å². The molecule has 1 aromatic heterocycles. The predicted octanol–water partition coefficient (Wildman–Crippen LogP) is 2.35. The number of nitrogens with one attached hydrogen (secondary N) is 2. The Morgan fingerprint density at radius 1 is 1.64 bits per heavy atom. The normalized spacial score (nSPS) is 12.1. The zero-order valence-electron chi connectivity index (χ0n) is 8.54. The van der Waals surface area contributed by atoms with Crippen molar-refractivity contribution in [1.82, 2.24) is 10.6 Å². The van der Waals surface area contributed by atoms with Crippen LogP contribution in [0.15, 0.2) is 17.5 Å². The minimum absolute atomic E-state index is 0.0900. The first-order chi connectivity index (χ1) is 6.72. The highest BCUT2D eigenvalue weighted by atomic mass is 32.1. The highest BCUT2D eigenvalue weighted by molar-refractivity contribution is 7.09. The van der Waals surface area contributed by atoms with Crippen molar-refractivity contribution in [3.05, 3.63) is 22.4 Å². The summed E-state index contributed by atoms with van der Waals surface area (Å²) in [6, 6.07) is 4.13. The number of carbonyl (C=O) groups excluding carboxylic acids is 1. The molecule has 0 saturated heterocycles. The van der Waals surface area contributed by atoms with Gasteiger partial charge in [-0.2, -0.15) is 0 Å². The molecule has 0 spiro atoms. The van der Waals surface area contributed by atoms with Crippen LogP contribution >= 0.6 is 11.3 Å². The lowest BCUT2D eigenvalue weighted by Gasteiger charge is -2.11. The molecule has 1 atom stereocenters. The van der Waals surface area contributed by atoms with E-state index in [-0.39, 0.29) is 12.1 Å². The van der Waals surface area contributed by atoms with E-state index in [1.165, 1.54) is 4.88 Å². The topological polar surface area (TPSA) is 41.1 Å². The van der Waals surface area contributed by atoms with Gasteiger partial charge in [-0.3, -0.25) is 0 Å². The zero-order chi connectivity index (χ0) is 10.4. The maximum atomic E-state index is 11.3. The molecule has 1 heterocycles. The summed E-state index contributed by atoms with van der Waals surface area (Å²) in [5, 5.41) is 7.66. The van der Waals surface area contributed by atoms with Crippen molar-refractivity contribution < 1.29 is 4.79 Å². The van der Waals surface area contributed by atoms with Crippen LogP contribution in [-0.4, -0.2) is 12.1 Å². The van der Waals surface area contributed by atoms with Crippen molar-refractivity contribution in [2.24, 2.45) is 0 Å². The summed E-state index contributed by atoms with van der Waals surface area (Å²) in [6.07, 6.45) is 0.951. The summed E-state index contributed by atoms with van der Waals surface area (Å²) in [5.74, 6) is 0. The van der Waals surface area contributed by atoms with Gasteiger partial charge < -0.3 is 10.6 Å². The number of rotatable bonds is 4. The molecule has 0 fully saturated rings. The third-order valence-electron chi connectivity index (χ3n) is 1.99. The molecule has 0 aliphatic heterocycles. The number of carbonyl (C=O) groups is 1. The number of amides is 2. The van der Waals surface area contributed by atoms with Gasteiger partial charge in [0.2, 0.25) is 0 Å². The van der Waals surface area contributed by atoms with Crippen LogP contribution in [0.25, 0.3) is 0 Å². The lowest BCUT2D eigenvalue weighted by Crippen LogP contribution is -2.39. The Morgan fingerprint density at radius 3 is 3.00 bits per heavy atom. The lowest BCUT2D eigenvalue weighted by molar-refractivity contribution is 0.237. The van der Waals surface area contributed by atoms with Gasteiger partial charge in [0.1, 0.15) is 0 Å². The van der Waals surface area contributed by atoms with E-state index in [2.05, 4.69) is 10.6 Å². The van der Waals surface area contributed by atoms with Crippen molar-refractivity contribution in [2.45, 2.75) is 32.9 Å². The molecule has 2 amide bonds. The Balaban J connectivity index is 2.22. The minimum atomic E-state index is -0.0900. The average Bonchev–Trinajstić information content (AvgIpc) is 2.67. The molecule has 0 aromatic carbocycles. The van der Waals surface area contributed by atoms with Crippen LogP contribution in [0.2, 0.25) is 0 Å². The van der Waals surface area contributed by atoms with Crippen LogP contribution in [0.3, 0.4) is 0 Å². The molecule has 2 N–H and O–H groups in total. The number of hydrogen-bond acceptors (Lipinski definition) is 2. The second kappa shape index (κ2) is 5.65. The highest BCUT2D eigenvalue weighted by Gasteiger charge is 2.04. The van der Waals surface area contributed by atoms with Crippen LogP contribution in [0, 0.1) is 0 Å². The van der Waals surface area contributed by atoms with Gasteiger partial charge in [-0.1, -0.05) is 13.0 Å². The predicted molar refractivity (Wildman–Crippen MR) is 59.4 cm³/mol. The molecule has 0 radical (unpaired) electrons. The van der Waals surface area contributed by atoms with Crippen molar-refractivity contribution in [3.8, 4) is 0 Å². The van der Waals surface area contributed by atoms with E-state index in [1.54, 1.807) is 11.3 Å². The second-order valence-electron chi connectivity index (χ2n) is 3.22. The van der Waals surface area contributed by atoms with Gasteiger partial charge in [0.25, 0.3) is 0 Å². The quantitative estimate of drug-likeness (QED) is 0.790. The molecular formula is C10H16N2OS. The van der Waals surface area contributed by atoms with Gasteiger partial charge in [0.15, 0.2) is 0 Å². The van der Waals surface area contributed by atoms with E-state index in [1.807, 2.05) is 31.4 Å². The fraction of sp³-hybridized carbons (Fsp3) is 0.500. The van der Waals surface area contributed by atoms with E-state index in [9.17, 15) is 4.79 Å². The van der Waals surface area contributed by atoms with E-state index in [0.29, 0.717) is 6.54 Å². The van der Waals surface area contributed by atoms with Crippen LogP contribution < -0.4 is 10.6 Å². The Bertz CT molecular complexity index is 272. The van der Waals surface area contributed by atoms with Crippen molar-refractivity contribution in [2.75, 3.05) is 0 Å². The van der Waals surface area contributed by atoms with Crippen molar-refractivity contribution in [3.63, 3.8) is 0 Å². The summed E-state index contributed by atoms with van der Waals surface area (Å²) in [6.45, 7) is 4.65. The Kier molecular flexibility index (Phi) is 4.46. The molecule has 1 rings (SSSR count). The van der Waals surface area contributed by atoms with Crippen LogP contribution in [0.1, 0.15) is 25.1 Å². The lowest BCUT2D eigenvalue weighted by atomic mass is 10.3.